The van der Waals surface area contributed by atoms with Crippen molar-refractivity contribution >= 4 is 27.7 Å². The average molecular weight is 384 g/mol. The fourth-order valence-corrected chi connectivity index (χ4v) is 2.64. The van der Waals surface area contributed by atoms with Gasteiger partial charge in [0.15, 0.2) is 0 Å². The second-order valence-corrected chi connectivity index (χ2v) is 7.46. The van der Waals surface area contributed by atoms with Gasteiger partial charge in [0.05, 0.1) is 18.9 Å². The van der Waals surface area contributed by atoms with Gasteiger partial charge in [-0.1, -0.05) is 20.8 Å². The van der Waals surface area contributed by atoms with Crippen molar-refractivity contribution in [1.82, 2.24) is 9.88 Å². The van der Waals surface area contributed by atoms with E-state index in [1.165, 1.54) is 0 Å². The second kappa shape index (κ2) is 7.73. The molecule has 1 aliphatic rings. The van der Waals surface area contributed by atoms with Gasteiger partial charge in [0.25, 0.3) is 0 Å². The van der Waals surface area contributed by atoms with Gasteiger partial charge in [-0.15, -0.1) is 0 Å². The SMILES string of the molecule is CCC(C)(C)C(=O)Nc1cc(C)c(Br)c(CN2CCOCC2)n1. The number of hydrogen-bond donors (Lipinski definition) is 1. The molecule has 0 aromatic carbocycles. The number of rotatable bonds is 5. The number of anilines is 1. The molecule has 1 amide bonds. The van der Waals surface area contributed by atoms with Crippen molar-refractivity contribution in [1.29, 1.82) is 0 Å². The molecule has 1 aromatic rings. The van der Waals surface area contributed by atoms with Gasteiger partial charge in [-0.05, 0) is 40.9 Å². The summed E-state index contributed by atoms with van der Waals surface area (Å²) in [5.41, 5.74) is 1.64. The number of halogens is 1. The van der Waals surface area contributed by atoms with Crippen molar-refractivity contribution in [3.8, 4) is 0 Å². The summed E-state index contributed by atoms with van der Waals surface area (Å²) < 4.78 is 6.40. The second-order valence-electron chi connectivity index (χ2n) is 6.67. The minimum absolute atomic E-state index is 0.00606. The summed E-state index contributed by atoms with van der Waals surface area (Å²) >= 11 is 3.63. The summed E-state index contributed by atoms with van der Waals surface area (Å²) in [6.07, 6.45) is 0.787. The molecule has 0 saturated carbocycles. The smallest absolute Gasteiger partial charge is 0.231 e. The number of carbonyl (C=O) groups excluding carboxylic acids is 1. The maximum absolute atomic E-state index is 12.4. The topological polar surface area (TPSA) is 54.5 Å². The normalized spacial score (nSPS) is 16.4. The van der Waals surface area contributed by atoms with E-state index in [0.717, 1.165) is 55.0 Å². The van der Waals surface area contributed by atoms with E-state index in [9.17, 15) is 4.79 Å². The summed E-state index contributed by atoms with van der Waals surface area (Å²) in [4.78, 5) is 19.3. The van der Waals surface area contributed by atoms with E-state index in [1.54, 1.807) is 0 Å². The number of carbonyl (C=O) groups is 1. The molecule has 0 atom stereocenters. The van der Waals surface area contributed by atoms with Crippen LogP contribution in [0.4, 0.5) is 5.82 Å². The summed E-state index contributed by atoms with van der Waals surface area (Å²) in [7, 11) is 0. The third kappa shape index (κ3) is 4.75. The lowest BCUT2D eigenvalue weighted by atomic mass is 9.89. The first-order valence-corrected chi connectivity index (χ1v) is 8.90. The molecule has 1 aromatic heterocycles. The van der Waals surface area contributed by atoms with Gasteiger partial charge in [-0.3, -0.25) is 9.69 Å². The summed E-state index contributed by atoms with van der Waals surface area (Å²) in [5.74, 6) is 0.632. The number of ether oxygens (including phenoxy) is 1. The standard InChI is InChI=1S/C17H26BrN3O2/c1-5-17(3,4)16(22)20-14-10-12(2)15(18)13(19-14)11-21-6-8-23-9-7-21/h10H,5-9,11H2,1-4H3,(H,19,20,22). The largest absolute Gasteiger partial charge is 0.379 e. The van der Waals surface area contributed by atoms with E-state index in [2.05, 4.69) is 31.1 Å². The van der Waals surface area contributed by atoms with Crippen molar-refractivity contribution in [3.63, 3.8) is 0 Å². The Bertz CT molecular complexity index is 569. The Morgan fingerprint density at radius 3 is 2.70 bits per heavy atom. The van der Waals surface area contributed by atoms with Gasteiger partial charge in [0, 0.05) is 29.5 Å². The Morgan fingerprint density at radius 2 is 2.09 bits per heavy atom. The fourth-order valence-electron chi connectivity index (χ4n) is 2.31. The van der Waals surface area contributed by atoms with E-state index in [1.807, 2.05) is 33.8 Å². The number of hydrogen-bond acceptors (Lipinski definition) is 4. The van der Waals surface area contributed by atoms with Crippen molar-refractivity contribution < 1.29 is 9.53 Å². The average Bonchev–Trinajstić information content (AvgIpc) is 2.53. The minimum atomic E-state index is -0.396. The predicted octanol–water partition coefficient (Wildman–Crippen LogP) is 3.36. The van der Waals surface area contributed by atoms with Crippen molar-refractivity contribution in [2.75, 3.05) is 31.6 Å². The molecular formula is C17H26BrN3O2. The molecule has 0 aliphatic carbocycles. The Labute approximate surface area is 146 Å². The highest BCUT2D eigenvalue weighted by molar-refractivity contribution is 9.10. The van der Waals surface area contributed by atoms with Gasteiger partial charge >= 0.3 is 0 Å². The summed E-state index contributed by atoms with van der Waals surface area (Å²) in [6, 6.07) is 1.91. The van der Waals surface area contributed by atoms with Crippen LogP contribution in [0.2, 0.25) is 0 Å². The summed E-state index contributed by atoms with van der Waals surface area (Å²) in [6.45, 7) is 12.0. The molecule has 2 rings (SSSR count). The Morgan fingerprint density at radius 1 is 1.43 bits per heavy atom. The maximum atomic E-state index is 12.4. The third-order valence-corrected chi connectivity index (χ3v) is 5.51. The Kier molecular flexibility index (Phi) is 6.17. The van der Waals surface area contributed by atoms with Gasteiger partial charge in [-0.25, -0.2) is 4.98 Å². The number of nitrogens with zero attached hydrogens (tertiary/aromatic N) is 2. The van der Waals surface area contributed by atoms with Crippen LogP contribution in [0.5, 0.6) is 0 Å². The monoisotopic (exact) mass is 383 g/mol. The van der Waals surface area contributed by atoms with Gasteiger partial charge < -0.3 is 10.1 Å². The van der Waals surface area contributed by atoms with E-state index in [0.29, 0.717) is 5.82 Å². The molecule has 1 N–H and O–H groups in total. The summed E-state index contributed by atoms with van der Waals surface area (Å²) in [5, 5.41) is 2.96. The van der Waals surface area contributed by atoms with Crippen LogP contribution in [0.25, 0.3) is 0 Å². The maximum Gasteiger partial charge on any atom is 0.231 e. The van der Waals surface area contributed by atoms with Gasteiger partial charge in [-0.2, -0.15) is 0 Å². The highest BCUT2D eigenvalue weighted by Gasteiger charge is 2.26. The molecule has 0 radical (unpaired) electrons. The van der Waals surface area contributed by atoms with Crippen LogP contribution < -0.4 is 5.32 Å². The van der Waals surface area contributed by atoms with Gasteiger partial charge in [0.1, 0.15) is 5.82 Å². The molecule has 6 heteroatoms. The van der Waals surface area contributed by atoms with E-state index in [4.69, 9.17) is 4.74 Å². The quantitative estimate of drug-likeness (QED) is 0.846. The molecule has 0 spiro atoms. The highest BCUT2D eigenvalue weighted by Crippen LogP contribution is 2.26. The molecule has 2 heterocycles. The fraction of sp³-hybridized carbons (Fsp3) is 0.647. The number of aromatic nitrogens is 1. The molecule has 5 nitrogen and oxygen atoms in total. The van der Waals surface area contributed by atoms with Crippen molar-refractivity contribution in [2.45, 2.75) is 40.7 Å². The highest BCUT2D eigenvalue weighted by atomic mass is 79.9. The number of aryl methyl sites for hydroxylation is 1. The van der Waals surface area contributed by atoms with E-state index < -0.39 is 5.41 Å². The number of morpholine rings is 1. The van der Waals surface area contributed by atoms with Crippen LogP contribution in [0.1, 0.15) is 38.4 Å². The van der Waals surface area contributed by atoms with Crippen LogP contribution >= 0.6 is 15.9 Å². The first-order valence-electron chi connectivity index (χ1n) is 8.11. The first-order chi connectivity index (χ1) is 10.8. The molecule has 0 bridgehead atoms. The van der Waals surface area contributed by atoms with Gasteiger partial charge in [0.2, 0.25) is 5.91 Å². The zero-order valence-electron chi connectivity index (χ0n) is 14.4. The van der Waals surface area contributed by atoms with Crippen molar-refractivity contribution in [2.24, 2.45) is 5.41 Å². The van der Waals surface area contributed by atoms with Crippen LogP contribution in [0.3, 0.4) is 0 Å². The zero-order chi connectivity index (χ0) is 17.0. The molecule has 1 saturated heterocycles. The predicted molar refractivity (Wildman–Crippen MR) is 95.5 cm³/mol. The first kappa shape index (κ1) is 18.4. The zero-order valence-corrected chi connectivity index (χ0v) is 16.0. The van der Waals surface area contributed by atoms with E-state index >= 15 is 0 Å². The lowest BCUT2D eigenvalue weighted by Crippen LogP contribution is -2.36. The lowest BCUT2D eigenvalue weighted by molar-refractivity contribution is -0.124. The minimum Gasteiger partial charge on any atom is -0.379 e. The molecular weight excluding hydrogens is 358 g/mol. The Balaban J connectivity index is 2.16. The van der Waals surface area contributed by atoms with Crippen LogP contribution in [-0.4, -0.2) is 42.1 Å². The molecule has 128 valence electrons. The van der Waals surface area contributed by atoms with E-state index in [-0.39, 0.29) is 5.91 Å². The number of amides is 1. The number of pyridine rings is 1. The van der Waals surface area contributed by atoms with Crippen LogP contribution in [0.15, 0.2) is 10.5 Å². The molecule has 0 unspecified atom stereocenters. The third-order valence-electron chi connectivity index (χ3n) is 4.43. The molecule has 23 heavy (non-hydrogen) atoms. The lowest BCUT2D eigenvalue weighted by Gasteiger charge is -2.27. The molecule has 1 fully saturated rings. The Hall–Kier alpha value is -0.980. The van der Waals surface area contributed by atoms with Crippen LogP contribution in [-0.2, 0) is 16.1 Å². The van der Waals surface area contributed by atoms with Crippen molar-refractivity contribution in [3.05, 3.63) is 21.8 Å². The number of nitrogens with one attached hydrogen (secondary N) is 1. The molecule has 1 aliphatic heterocycles. The van der Waals surface area contributed by atoms with Crippen LogP contribution in [0, 0.1) is 12.3 Å².